The molecule has 1 N–H and O–H groups in total. The van der Waals surface area contributed by atoms with Crippen LogP contribution in [0.2, 0.25) is 0 Å². The maximum atomic E-state index is 5.63. The molecule has 1 saturated heterocycles. The molecule has 1 aromatic carbocycles. The molecule has 0 radical (unpaired) electrons. The lowest BCUT2D eigenvalue weighted by atomic mass is 10.1. The van der Waals surface area contributed by atoms with Crippen molar-refractivity contribution >= 4 is 0 Å². The van der Waals surface area contributed by atoms with Crippen LogP contribution in [0.25, 0.3) is 0 Å². The zero-order valence-corrected chi connectivity index (χ0v) is 11.8. The zero-order chi connectivity index (χ0) is 13.1. The molecule has 3 nitrogen and oxygen atoms in total. The SMILES string of the molecule is CC(CNCC1CCCO1)N1Cc2ccccc2C1. The molecule has 2 heterocycles. The fraction of sp³-hybridized carbons (Fsp3) is 0.625. The van der Waals surface area contributed by atoms with Crippen LogP contribution in [0, 0.1) is 0 Å². The van der Waals surface area contributed by atoms with Crippen LogP contribution in [0.1, 0.15) is 30.9 Å². The van der Waals surface area contributed by atoms with Gasteiger partial charge in [-0.2, -0.15) is 0 Å². The van der Waals surface area contributed by atoms with Gasteiger partial charge in [0.1, 0.15) is 0 Å². The first-order valence-corrected chi connectivity index (χ1v) is 7.46. The molecule has 1 fully saturated rings. The highest BCUT2D eigenvalue weighted by atomic mass is 16.5. The number of rotatable bonds is 5. The monoisotopic (exact) mass is 260 g/mol. The number of nitrogens with zero attached hydrogens (tertiary/aromatic N) is 1. The summed E-state index contributed by atoms with van der Waals surface area (Å²) in [4.78, 5) is 2.55. The second-order valence-electron chi connectivity index (χ2n) is 5.82. The molecule has 3 rings (SSSR count). The highest BCUT2D eigenvalue weighted by Crippen LogP contribution is 2.23. The normalized spacial score (nSPS) is 24.6. The Bertz CT molecular complexity index is 390. The van der Waals surface area contributed by atoms with Crippen LogP contribution in [0.15, 0.2) is 24.3 Å². The Morgan fingerprint density at radius 2 is 2.05 bits per heavy atom. The largest absolute Gasteiger partial charge is 0.377 e. The van der Waals surface area contributed by atoms with Crippen molar-refractivity contribution in [1.82, 2.24) is 10.2 Å². The third kappa shape index (κ3) is 3.16. The first-order chi connectivity index (χ1) is 9.33. The van der Waals surface area contributed by atoms with Crippen molar-refractivity contribution in [2.24, 2.45) is 0 Å². The third-order valence-electron chi connectivity index (χ3n) is 4.32. The van der Waals surface area contributed by atoms with E-state index in [2.05, 4.69) is 41.4 Å². The molecule has 0 amide bonds. The Hall–Kier alpha value is -0.900. The Balaban J connectivity index is 1.43. The van der Waals surface area contributed by atoms with Crippen molar-refractivity contribution in [3.05, 3.63) is 35.4 Å². The van der Waals surface area contributed by atoms with E-state index in [1.165, 1.54) is 24.0 Å². The van der Waals surface area contributed by atoms with Crippen LogP contribution < -0.4 is 5.32 Å². The van der Waals surface area contributed by atoms with Gasteiger partial charge in [-0.25, -0.2) is 0 Å². The minimum absolute atomic E-state index is 0.447. The van der Waals surface area contributed by atoms with Crippen molar-refractivity contribution in [2.45, 2.75) is 45.0 Å². The molecule has 19 heavy (non-hydrogen) atoms. The van der Waals surface area contributed by atoms with E-state index < -0.39 is 0 Å². The smallest absolute Gasteiger partial charge is 0.0700 e. The van der Waals surface area contributed by atoms with Crippen molar-refractivity contribution in [2.75, 3.05) is 19.7 Å². The molecule has 0 aromatic heterocycles. The van der Waals surface area contributed by atoms with E-state index in [9.17, 15) is 0 Å². The first kappa shape index (κ1) is 13.1. The van der Waals surface area contributed by atoms with E-state index in [0.29, 0.717) is 12.1 Å². The lowest BCUT2D eigenvalue weighted by Gasteiger charge is -2.24. The van der Waals surface area contributed by atoms with E-state index in [1.54, 1.807) is 0 Å². The number of fused-ring (bicyclic) bond motifs is 1. The Morgan fingerprint density at radius 1 is 1.32 bits per heavy atom. The lowest BCUT2D eigenvalue weighted by molar-refractivity contribution is 0.107. The second-order valence-corrected chi connectivity index (χ2v) is 5.82. The molecular weight excluding hydrogens is 236 g/mol. The predicted octanol–water partition coefficient (Wildman–Crippen LogP) is 2.16. The lowest BCUT2D eigenvalue weighted by Crippen LogP contribution is -2.39. The molecule has 1 aromatic rings. The van der Waals surface area contributed by atoms with Crippen LogP contribution in [0.3, 0.4) is 0 Å². The Morgan fingerprint density at radius 3 is 2.68 bits per heavy atom. The van der Waals surface area contributed by atoms with Gasteiger partial charge in [0.15, 0.2) is 0 Å². The summed E-state index contributed by atoms with van der Waals surface area (Å²) in [5.41, 5.74) is 2.99. The van der Waals surface area contributed by atoms with Gasteiger partial charge in [-0.15, -0.1) is 0 Å². The van der Waals surface area contributed by atoms with Crippen molar-refractivity contribution in [1.29, 1.82) is 0 Å². The highest BCUT2D eigenvalue weighted by molar-refractivity contribution is 5.30. The molecule has 2 aliphatic rings. The number of ether oxygens (including phenoxy) is 1. The quantitative estimate of drug-likeness (QED) is 0.878. The second kappa shape index (κ2) is 6.04. The molecule has 104 valence electrons. The fourth-order valence-corrected chi connectivity index (χ4v) is 3.06. The maximum absolute atomic E-state index is 5.63. The number of benzene rings is 1. The van der Waals surface area contributed by atoms with Gasteiger partial charge in [0, 0.05) is 38.8 Å². The third-order valence-corrected chi connectivity index (χ3v) is 4.32. The van der Waals surface area contributed by atoms with Crippen LogP contribution in [0.4, 0.5) is 0 Å². The van der Waals surface area contributed by atoms with Crippen molar-refractivity contribution < 1.29 is 4.74 Å². The van der Waals surface area contributed by atoms with E-state index in [-0.39, 0.29) is 0 Å². The summed E-state index contributed by atoms with van der Waals surface area (Å²) in [6, 6.07) is 9.36. The van der Waals surface area contributed by atoms with E-state index in [4.69, 9.17) is 4.74 Å². The predicted molar refractivity (Wildman–Crippen MR) is 77.0 cm³/mol. The Kier molecular flexibility index (Phi) is 4.16. The number of hydrogen-bond acceptors (Lipinski definition) is 3. The fourth-order valence-electron chi connectivity index (χ4n) is 3.06. The first-order valence-electron chi connectivity index (χ1n) is 7.46. The summed E-state index contributed by atoms with van der Waals surface area (Å²) in [6.45, 7) is 7.51. The summed E-state index contributed by atoms with van der Waals surface area (Å²) < 4.78 is 5.63. The van der Waals surface area contributed by atoms with Gasteiger partial charge >= 0.3 is 0 Å². The summed E-state index contributed by atoms with van der Waals surface area (Å²) >= 11 is 0. The molecule has 0 aliphatic carbocycles. The van der Waals surface area contributed by atoms with Crippen molar-refractivity contribution in [3.63, 3.8) is 0 Å². The van der Waals surface area contributed by atoms with E-state index in [1.807, 2.05) is 0 Å². The van der Waals surface area contributed by atoms with Gasteiger partial charge in [0.2, 0.25) is 0 Å². The summed E-state index contributed by atoms with van der Waals surface area (Å²) in [5.74, 6) is 0. The van der Waals surface area contributed by atoms with Gasteiger partial charge in [-0.1, -0.05) is 24.3 Å². The van der Waals surface area contributed by atoms with Crippen LogP contribution >= 0.6 is 0 Å². The Labute approximate surface area is 115 Å². The zero-order valence-electron chi connectivity index (χ0n) is 11.8. The standard InChI is InChI=1S/C16H24N2O/c1-13(9-17-10-16-7-4-8-19-16)18-11-14-5-2-3-6-15(14)12-18/h2-3,5-6,13,16-17H,4,7-12H2,1H3. The summed E-state index contributed by atoms with van der Waals surface area (Å²) in [5, 5.41) is 3.56. The molecule has 2 unspecified atom stereocenters. The topological polar surface area (TPSA) is 24.5 Å². The summed E-state index contributed by atoms with van der Waals surface area (Å²) in [6.07, 6.45) is 2.89. The molecular formula is C16H24N2O. The van der Waals surface area contributed by atoms with Crippen molar-refractivity contribution in [3.8, 4) is 0 Å². The highest BCUT2D eigenvalue weighted by Gasteiger charge is 2.23. The van der Waals surface area contributed by atoms with Gasteiger partial charge in [-0.3, -0.25) is 4.90 Å². The van der Waals surface area contributed by atoms with Crippen LogP contribution in [0.5, 0.6) is 0 Å². The molecule has 0 saturated carbocycles. The number of hydrogen-bond donors (Lipinski definition) is 1. The maximum Gasteiger partial charge on any atom is 0.0700 e. The average Bonchev–Trinajstić information content (AvgIpc) is 3.07. The van der Waals surface area contributed by atoms with E-state index in [0.717, 1.165) is 32.8 Å². The average molecular weight is 260 g/mol. The van der Waals surface area contributed by atoms with Crippen LogP contribution in [-0.2, 0) is 17.8 Å². The van der Waals surface area contributed by atoms with E-state index >= 15 is 0 Å². The van der Waals surface area contributed by atoms with Gasteiger partial charge < -0.3 is 10.1 Å². The summed E-state index contributed by atoms with van der Waals surface area (Å²) in [7, 11) is 0. The molecule has 2 aliphatic heterocycles. The van der Waals surface area contributed by atoms with Gasteiger partial charge in [0.05, 0.1) is 6.10 Å². The molecule has 0 bridgehead atoms. The molecule has 2 atom stereocenters. The molecule has 0 spiro atoms. The molecule has 3 heteroatoms. The van der Waals surface area contributed by atoms with Gasteiger partial charge in [0.25, 0.3) is 0 Å². The minimum atomic E-state index is 0.447. The van der Waals surface area contributed by atoms with Crippen LogP contribution in [-0.4, -0.2) is 36.7 Å². The minimum Gasteiger partial charge on any atom is -0.377 e. The number of nitrogens with one attached hydrogen (secondary N) is 1. The van der Waals surface area contributed by atoms with Gasteiger partial charge in [-0.05, 0) is 30.9 Å².